The van der Waals surface area contributed by atoms with E-state index in [1.165, 1.54) is 17.0 Å². The van der Waals surface area contributed by atoms with Crippen LogP contribution in [0.3, 0.4) is 0 Å². The number of carbonyl (C=O) groups is 1. The summed E-state index contributed by atoms with van der Waals surface area (Å²) >= 11 is 0. The van der Waals surface area contributed by atoms with Gasteiger partial charge in [0.15, 0.2) is 7.14 Å². The van der Waals surface area contributed by atoms with Crippen molar-refractivity contribution in [1.82, 2.24) is 0 Å². The van der Waals surface area contributed by atoms with E-state index in [-0.39, 0.29) is 16.7 Å². The lowest BCUT2D eigenvalue weighted by Crippen LogP contribution is -2.43. The molecule has 31 heavy (non-hydrogen) atoms. The minimum atomic E-state index is -3.49. The molecule has 1 unspecified atom stereocenters. The van der Waals surface area contributed by atoms with E-state index in [1.807, 2.05) is 6.07 Å². The van der Waals surface area contributed by atoms with Gasteiger partial charge in [-0.2, -0.15) is 0 Å². The van der Waals surface area contributed by atoms with Crippen molar-refractivity contribution in [3.8, 4) is 0 Å². The fourth-order valence-corrected chi connectivity index (χ4v) is 6.74. The number of nitro groups is 1. The lowest BCUT2D eigenvalue weighted by molar-refractivity contribution is -0.384. The molecule has 0 saturated heterocycles. The van der Waals surface area contributed by atoms with Crippen LogP contribution in [0.2, 0.25) is 0 Å². The molecule has 0 N–H and O–H groups in total. The highest BCUT2D eigenvalue weighted by atomic mass is 31.2. The van der Waals surface area contributed by atoms with E-state index in [0.29, 0.717) is 16.3 Å². The largest absolute Gasteiger partial charge is 0.443 e. The van der Waals surface area contributed by atoms with Gasteiger partial charge in [0.05, 0.1) is 15.9 Å². The molecule has 3 aromatic rings. The Balaban J connectivity index is 2.10. The van der Waals surface area contributed by atoms with E-state index < -0.39 is 23.8 Å². The number of fused-ring (bicyclic) bond motifs is 2. The molecule has 0 aliphatic carbocycles. The van der Waals surface area contributed by atoms with E-state index in [9.17, 15) is 19.5 Å². The highest BCUT2D eigenvalue weighted by Crippen LogP contribution is 2.54. The van der Waals surface area contributed by atoms with Gasteiger partial charge in [0.1, 0.15) is 11.3 Å². The molecule has 3 aromatic carbocycles. The molecule has 0 fully saturated rings. The van der Waals surface area contributed by atoms with Crippen LogP contribution < -0.4 is 20.8 Å². The summed E-state index contributed by atoms with van der Waals surface area (Å²) < 4.78 is 20.3. The number of amides is 1. The number of anilines is 2. The number of nitro benzene ring substituents is 1. The predicted molar refractivity (Wildman–Crippen MR) is 121 cm³/mol. The summed E-state index contributed by atoms with van der Waals surface area (Å²) in [5.74, 6) is 0. The number of ether oxygens (including phenoxy) is 1. The number of carbonyl (C=O) groups excluding carboxylic acids is 1. The Bertz CT molecular complexity index is 1230. The topological polar surface area (TPSA) is 89.8 Å². The zero-order valence-electron chi connectivity index (χ0n) is 17.3. The summed E-state index contributed by atoms with van der Waals surface area (Å²) in [4.78, 5) is 25.8. The monoisotopic (exact) mass is 436 g/mol. The molecule has 1 heterocycles. The van der Waals surface area contributed by atoms with E-state index in [4.69, 9.17) is 4.74 Å². The Morgan fingerprint density at radius 2 is 1.55 bits per heavy atom. The van der Waals surface area contributed by atoms with Crippen LogP contribution in [0.25, 0.3) is 0 Å². The molecule has 0 aromatic heterocycles. The van der Waals surface area contributed by atoms with Crippen LogP contribution >= 0.6 is 7.14 Å². The number of benzene rings is 3. The third-order valence-corrected chi connectivity index (χ3v) is 8.03. The van der Waals surface area contributed by atoms with Gasteiger partial charge in [0, 0.05) is 16.7 Å². The number of para-hydroxylation sites is 2. The quantitative estimate of drug-likeness (QED) is 0.332. The van der Waals surface area contributed by atoms with Crippen molar-refractivity contribution in [2.24, 2.45) is 0 Å². The van der Waals surface area contributed by atoms with Crippen LogP contribution in [0, 0.1) is 10.1 Å². The smallest absolute Gasteiger partial charge is 0.419 e. The van der Waals surface area contributed by atoms with Crippen molar-refractivity contribution in [3.63, 3.8) is 0 Å². The van der Waals surface area contributed by atoms with Gasteiger partial charge in [-0.25, -0.2) is 9.69 Å². The Kier molecular flexibility index (Phi) is 4.94. The molecular formula is C23H21N2O5P. The zero-order chi connectivity index (χ0) is 22.4. The molecule has 1 amide bonds. The standard InChI is InChI=1S/C23H21N2O5P/c1-23(2,3)30-22(26)24-17-12-7-8-14-19(17)31(29,16-10-5-4-6-11-16)20-15-9-13-18(21(20)24)25(27)28/h4-15H,1-3H3. The van der Waals surface area contributed by atoms with Gasteiger partial charge in [0.25, 0.3) is 5.69 Å². The lowest BCUT2D eigenvalue weighted by Gasteiger charge is -2.36. The Morgan fingerprint density at radius 3 is 2.19 bits per heavy atom. The van der Waals surface area contributed by atoms with Crippen LogP contribution in [-0.4, -0.2) is 16.6 Å². The second-order valence-electron chi connectivity index (χ2n) is 8.15. The summed E-state index contributed by atoms with van der Waals surface area (Å²) in [6, 6.07) is 20.0. The molecule has 4 rings (SSSR count). The molecule has 1 aliphatic rings. The summed E-state index contributed by atoms with van der Waals surface area (Å²) in [6.07, 6.45) is -0.769. The van der Waals surface area contributed by atoms with Crippen LogP contribution in [0.1, 0.15) is 20.8 Å². The minimum absolute atomic E-state index is 0.0207. The first-order chi connectivity index (χ1) is 14.6. The Morgan fingerprint density at radius 1 is 0.935 bits per heavy atom. The van der Waals surface area contributed by atoms with Gasteiger partial charge in [0.2, 0.25) is 0 Å². The van der Waals surface area contributed by atoms with Crippen molar-refractivity contribution >= 4 is 46.2 Å². The van der Waals surface area contributed by atoms with Crippen molar-refractivity contribution in [1.29, 1.82) is 0 Å². The maximum atomic E-state index is 14.7. The first-order valence-electron chi connectivity index (χ1n) is 9.71. The van der Waals surface area contributed by atoms with E-state index in [0.717, 1.165) is 0 Å². The summed E-state index contributed by atoms with van der Waals surface area (Å²) in [6.45, 7) is 5.15. The predicted octanol–water partition coefficient (Wildman–Crippen LogP) is 4.62. The summed E-state index contributed by atoms with van der Waals surface area (Å²) in [5, 5.41) is 13.1. The fourth-order valence-electron chi connectivity index (χ4n) is 3.73. The van der Waals surface area contributed by atoms with Crippen molar-refractivity contribution in [2.45, 2.75) is 26.4 Å². The third-order valence-electron chi connectivity index (χ3n) is 4.91. The van der Waals surface area contributed by atoms with Crippen LogP contribution in [0.4, 0.5) is 21.9 Å². The first-order valence-corrected chi connectivity index (χ1v) is 11.4. The number of rotatable bonds is 2. The second-order valence-corrected chi connectivity index (χ2v) is 10.8. The van der Waals surface area contributed by atoms with Crippen LogP contribution in [0.5, 0.6) is 0 Å². The third kappa shape index (κ3) is 3.41. The SMILES string of the molecule is CC(C)(C)OC(=O)N1c2ccccc2P(=O)(c2ccccc2)c2cccc([N+](=O)[O-])c21. The van der Waals surface area contributed by atoms with E-state index in [1.54, 1.807) is 75.4 Å². The number of nitrogens with zero attached hydrogens (tertiary/aromatic N) is 2. The zero-order valence-corrected chi connectivity index (χ0v) is 18.2. The van der Waals surface area contributed by atoms with E-state index in [2.05, 4.69) is 0 Å². The van der Waals surface area contributed by atoms with Gasteiger partial charge in [-0.15, -0.1) is 0 Å². The molecule has 7 nitrogen and oxygen atoms in total. The molecular weight excluding hydrogens is 415 g/mol. The van der Waals surface area contributed by atoms with Crippen molar-refractivity contribution in [3.05, 3.63) is 82.9 Å². The van der Waals surface area contributed by atoms with Crippen molar-refractivity contribution < 1.29 is 19.0 Å². The molecule has 0 saturated carbocycles. The Labute approximate surface area is 179 Å². The summed E-state index contributed by atoms with van der Waals surface area (Å²) in [5.41, 5.74) is -0.844. The van der Waals surface area contributed by atoms with Gasteiger partial charge in [-0.05, 0) is 39.0 Å². The Hall–Kier alpha value is -3.44. The van der Waals surface area contributed by atoms with E-state index >= 15 is 0 Å². The molecule has 1 atom stereocenters. The highest BCUT2D eigenvalue weighted by Gasteiger charge is 2.46. The number of hydrogen-bond donors (Lipinski definition) is 0. The van der Waals surface area contributed by atoms with Gasteiger partial charge >= 0.3 is 6.09 Å². The molecule has 8 heteroatoms. The first kappa shape index (κ1) is 20.8. The second kappa shape index (κ2) is 7.36. The maximum Gasteiger partial charge on any atom is 0.419 e. The maximum absolute atomic E-state index is 14.7. The van der Waals surface area contributed by atoms with Crippen molar-refractivity contribution in [2.75, 3.05) is 4.90 Å². The number of hydrogen-bond acceptors (Lipinski definition) is 5. The normalized spacial score (nSPS) is 17.5. The highest BCUT2D eigenvalue weighted by molar-refractivity contribution is 7.86. The molecule has 0 radical (unpaired) electrons. The van der Waals surface area contributed by atoms with Gasteiger partial charge in [-0.1, -0.05) is 48.5 Å². The lowest BCUT2D eigenvalue weighted by atomic mass is 10.2. The average molecular weight is 436 g/mol. The molecule has 158 valence electrons. The molecule has 0 spiro atoms. The molecule has 0 bridgehead atoms. The minimum Gasteiger partial charge on any atom is -0.443 e. The van der Waals surface area contributed by atoms with Crippen LogP contribution in [0.15, 0.2) is 72.8 Å². The molecule has 1 aliphatic heterocycles. The average Bonchev–Trinajstić information content (AvgIpc) is 2.73. The van der Waals surface area contributed by atoms with Crippen LogP contribution in [-0.2, 0) is 9.30 Å². The van der Waals surface area contributed by atoms with Gasteiger partial charge in [-0.3, -0.25) is 10.1 Å². The van der Waals surface area contributed by atoms with Gasteiger partial charge < -0.3 is 9.30 Å². The fraction of sp³-hybridized carbons (Fsp3) is 0.174. The summed E-state index contributed by atoms with van der Waals surface area (Å²) in [7, 11) is -3.49.